The molecule has 3 aromatic carbocycles. The van der Waals surface area contributed by atoms with Crippen LogP contribution in [0.5, 0.6) is 11.5 Å². The second-order valence-corrected chi connectivity index (χ2v) is 9.27. The van der Waals surface area contributed by atoms with Gasteiger partial charge in [0, 0.05) is 5.56 Å². The van der Waals surface area contributed by atoms with Gasteiger partial charge in [-0.15, -0.1) is 0 Å². The average molecular weight is 531 g/mol. The van der Waals surface area contributed by atoms with Gasteiger partial charge in [0.2, 0.25) is 5.30 Å². The Hall–Kier alpha value is -2.14. The third-order valence-corrected chi connectivity index (χ3v) is 7.95. The van der Waals surface area contributed by atoms with Crippen molar-refractivity contribution in [2.24, 2.45) is 0 Å². The summed E-state index contributed by atoms with van der Waals surface area (Å²) < 4.78 is 23.7. The fraction of sp³-hybridized carbons (Fsp3) is 0.0909. The molecule has 1 atom stereocenters. The highest BCUT2D eigenvalue weighted by Crippen LogP contribution is 2.45. The van der Waals surface area contributed by atoms with Crippen molar-refractivity contribution in [3.63, 3.8) is 0 Å². The van der Waals surface area contributed by atoms with E-state index in [0.717, 1.165) is 0 Å². The molecule has 10 heteroatoms. The van der Waals surface area contributed by atoms with E-state index in [1.54, 1.807) is 36.4 Å². The number of hydrogen-bond donors (Lipinski definition) is 0. The van der Waals surface area contributed by atoms with Gasteiger partial charge < -0.3 is 9.47 Å². The van der Waals surface area contributed by atoms with Crippen molar-refractivity contribution in [1.82, 2.24) is 0 Å². The van der Waals surface area contributed by atoms with E-state index in [4.69, 9.17) is 55.9 Å². The first kappa shape index (κ1) is 24.5. The van der Waals surface area contributed by atoms with Gasteiger partial charge in [0.15, 0.2) is 11.3 Å². The lowest BCUT2D eigenvalue weighted by atomic mass is 10.0. The number of hydrogen-bond acceptors (Lipinski definition) is 5. The predicted octanol–water partition coefficient (Wildman–Crippen LogP) is 6.84. The van der Waals surface area contributed by atoms with Gasteiger partial charge in [-0.1, -0.05) is 87.4 Å². The van der Waals surface area contributed by atoms with Gasteiger partial charge in [-0.2, -0.15) is 0 Å². The van der Waals surface area contributed by atoms with Gasteiger partial charge in [0.1, 0.15) is 21.5 Å². The lowest BCUT2D eigenvalue weighted by Gasteiger charge is -2.11. The van der Waals surface area contributed by atoms with Crippen LogP contribution < -0.4 is 14.8 Å². The molecule has 0 aliphatic carbocycles. The van der Waals surface area contributed by atoms with Crippen molar-refractivity contribution >= 4 is 70.8 Å². The zero-order valence-electron chi connectivity index (χ0n) is 16.6. The van der Waals surface area contributed by atoms with Crippen molar-refractivity contribution in [3.8, 4) is 11.5 Å². The molecule has 0 saturated carbocycles. The molecule has 0 fully saturated rings. The normalized spacial score (nSPS) is 11.1. The Kier molecular flexibility index (Phi) is 7.81. The molecule has 3 rings (SSSR count). The number of carbonyl (C=O) groups excluding carboxylic acids is 2. The molecule has 32 heavy (non-hydrogen) atoms. The summed E-state index contributed by atoms with van der Waals surface area (Å²) in [5.41, 5.74) is -0.755. The third-order valence-electron chi connectivity index (χ3n) is 4.53. The SMILES string of the molecule is COc1cccc(OC)c1C(=O)[P+](=O)c1c(Cl)c(Cl)c(C(=O)c2ccccc2)c(Cl)c1Cl. The van der Waals surface area contributed by atoms with Gasteiger partial charge in [-0.05, 0) is 12.1 Å². The molecule has 0 aliphatic rings. The maximum absolute atomic E-state index is 13.3. The molecule has 164 valence electrons. The van der Waals surface area contributed by atoms with Crippen LogP contribution >= 0.6 is 54.2 Å². The number of ketones is 1. The number of ether oxygens (including phenoxy) is 2. The number of benzene rings is 3. The van der Waals surface area contributed by atoms with Crippen molar-refractivity contribution in [1.29, 1.82) is 0 Å². The molecule has 0 heterocycles. The summed E-state index contributed by atoms with van der Waals surface area (Å²) in [7, 11) is -0.195. The van der Waals surface area contributed by atoms with Crippen LogP contribution in [0.3, 0.4) is 0 Å². The summed E-state index contributed by atoms with van der Waals surface area (Å²) in [6.07, 6.45) is 0. The molecule has 0 amide bonds. The summed E-state index contributed by atoms with van der Waals surface area (Å²) >= 11 is 25.4. The van der Waals surface area contributed by atoms with Crippen molar-refractivity contribution in [2.45, 2.75) is 0 Å². The van der Waals surface area contributed by atoms with E-state index in [-0.39, 0.29) is 48.0 Å². The second-order valence-electron chi connectivity index (χ2n) is 6.31. The molecule has 5 nitrogen and oxygen atoms in total. The highest BCUT2D eigenvalue weighted by molar-refractivity contribution is 7.72. The van der Waals surface area contributed by atoms with Crippen LogP contribution in [0.1, 0.15) is 26.3 Å². The molecule has 0 spiro atoms. The summed E-state index contributed by atoms with van der Waals surface area (Å²) in [4.78, 5) is 26.1. The Labute approximate surface area is 204 Å². The van der Waals surface area contributed by atoms with Crippen LogP contribution in [0.4, 0.5) is 0 Å². The van der Waals surface area contributed by atoms with Gasteiger partial charge in [-0.3, -0.25) is 4.79 Å². The smallest absolute Gasteiger partial charge is 0.462 e. The minimum absolute atomic E-state index is 0.0533. The van der Waals surface area contributed by atoms with E-state index in [1.807, 2.05) is 0 Å². The largest absolute Gasteiger partial charge is 0.496 e. The van der Waals surface area contributed by atoms with Crippen LogP contribution in [-0.2, 0) is 4.57 Å². The Bertz CT molecular complexity index is 1190. The molecule has 0 radical (unpaired) electrons. The number of carbonyl (C=O) groups is 2. The van der Waals surface area contributed by atoms with Crippen LogP contribution in [0.15, 0.2) is 48.5 Å². The summed E-state index contributed by atoms with van der Waals surface area (Å²) in [5, 5.41) is -1.39. The van der Waals surface area contributed by atoms with Crippen LogP contribution in [-0.4, -0.2) is 25.5 Å². The molecule has 0 N–H and O–H groups in total. The van der Waals surface area contributed by atoms with Crippen LogP contribution in [0.25, 0.3) is 0 Å². The van der Waals surface area contributed by atoms with Gasteiger partial charge in [-0.25, -0.2) is 4.79 Å². The van der Waals surface area contributed by atoms with Crippen molar-refractivity contribution in [2.75, 3.05) is 14.2 Å². The Morgan fingerprint density at radius 2 is 1.22 bits per heavy atom. The maximum atomic E-state index is 13.3. The molecule has 0 aliphatic heterocycles. The minimum atomic E-state index is -2.91. The first-order valence-electron chi connectivity index (χ1n) is 8.92. The molecule has 1 unspecified atom stereocenters. The van der Waals surface area contributed by atoms with Crippen LogP contribution in [0, 0.1) is 0 Å². The van der Waals surface area contributed by atoms with Crippen molar-refractivity contribution in [3.05, 3.63) is 85.3 Å². The third kappa shape index (κ3) is 4.36. The van der Waals surface area contributed by atoms with E-state index in [9.17, 15) is 14.2 Å². The summed E-state index contributed by atoms with van der Waals surface area (Å²) in [5.74, 6) is -0.222. The summed E-state index contributed by atoms with van der Waals surface area (Å²) in [6.45, 7) is 0. The van der Waals surface area contributed by atoms with E-state index < -0.39 is 19.1 Å². The molecular formula is C22H14Cl4O5P+. The van der Waals surface area contributed by atoms with Gasteiger partial charge in [0.25, 0.3) is 0 Å². The Morgan fingerprint density at radius 1 is 0.719 bits per heavy atom. The fourth-order valence-corrected chi connectivity index (χ4v) is 5.82. The summed E-state index contributed by atoms with van der Waals surface area (Å²) in [6, 6.07) is 12.9. The maximum Gasteiger partial charge on any atom is 0.462 e. The zero-order chi connectivity index (χ0) is 23.6. The molecule has 3 aromatic rings. The van der Waals surface area contributed by atoms with Gasteiger partial charge >= 0.3 is 13.3 Å². The Morgan fingerprint density at radius 3 is 1.69 bits per heavy atom. The van der Waals surface area contributed by atoms with E-state index >= 15 is 0 Å². The van der Waals surface area contributed by atoms with Crippen LogP contribution in [0.2, 0.25) is 20.1 Å². The standard InChI is InChI=1S/C22H14Cl4O5P/c1-30-12-9-6-10-13(31-2)14(12)22(28)32(29)21-18(25)16(23)15(17(24)19(21)26)20(27)11-7-4-3-5-8-11/h3-10H,1-2H3/q+1. The zero-order valence-corrected chi connectivity index (χ0v) is 20.5. The molecule has 0 saturated heterocycles. The number of rotatable bonds is 7. The number of halogens is 4. The molecular weight excluding hydrogens is 517 g/mol. The minimum Gasteiger partial charge on any atom is -0.496 e. The predicted molar refractivity (Wildman–Crippen MR) is 127 cm³/mol. The first-order chi connectivity index (χ1) is 15.2. The van der Waals surface area contributed by atoms with Gasteiger partial charge in [0.05, 0.1) is 29.8 Å². The topological polar surface area (TPSA) is 69.7 Å². The average Bonchev–Trinajstić information content (AvgIpc) is 2.82. The first-order valence-corrected chi connectivity index (χ1v) is 11.7. The van der Waals surface area contributed by atoms with E-state index in [0.29, 0.717) is 5.56 Å². The Balaban J connectivity index is 2.16. The second kappa shape index (κ2) is 10.2. The van der Waals surface area contributed by atoms with Crippen molar-refractivity contribution < 1.29 is 23.6 Å². The fourth-order valence-electron chi connectivity index (χ4n) is 3.00. The molecule has 0 aromatic heterocycles. The number of methoxy groups -OCH3 is 2. The monoisotopic (exact) mass is 529 g/mol. The highest BCUT2D eigenvalue weighted by atomic mass is 35.5. The lowest BCUT2D eigenvalue weighted by molar-refractivity contribution is 0.103. The van der Waals surface area contributed by atoms with E-state index in [2.05, 4.69) is 0 Å². The highest BCUT2D eigenvalue weighted by Gasteiger charge is 2.43. The quantitative estimate of drug-likeness (QED) is 0.190. The molecule has 0 bridgehead atoms. The lowest BCUT2D eigenvalue weighted by Crippen LogP contribution is -2.14. The van der Waals surface area contributed by atoms with E-state index in [1.165, 1.54) is 26.4 Å².